The molecule has 63 heavy (non-hydrogen) atoms. The maximum Gasteiger partial charge on any atom is 0.356 e. The third-order valence-electron chi connectivity index (χ3n) is 12.7. The molecule has 1 heterocycles. The van der Waals surface area contributed by atoms with Gasteiger partial charge in [-0.1, -0.05) is 131 Å². The van der Waals surface area contributed by atoms with Crippen molar-refractivity contribution in [2.75, 3.05) is 12.9 Å². The van der Waals surface area contributed by atoms with Crippen LogP contribution in [0.5, 0.6) is 0 Å². The molecule has 0 bridgehead atoms. The number of carbonyl (C=O) groups excluding carboxylic acids is 3. The third-order valence-corrected chi connectivity index (χ3v) is 22.1. The highest BCUT2D eigenvalue weighted by Crippen LogP contribution is 2.53. The molecule has 1 aliphatic heterocycles. The Morgan fingerprint density at radius 2 is 1.41 bits per heavy atom. The van der Waals surface area contributed by atoms with Gasteiger partial charge in [0.2, 0.25) is 5.91 Å². The SMILES string of the molecule is C=CCOC(=O)C(N1C(=O)[C@H]([C@@H](C)O[Si](C)(C)C(C)(C)C)[C@H]1[C@H]1CCCC(C(OS(C)(=O)=O)c2ccc([N+](=O)[O-])cc2)C1=O)=P(c1ccccc1)(c1ccccc1)c1ccccc1. The van der Waals surface area contributed by atoms with Gasteiger partial charge in [0.1, 0.15) is 23.9 Å². The Labute approximate surface area is 372 Å². The van der Waals surface area contributed by atoms with E-state index in [1.807, 2.05) is 97.9 Å². The number of ketones is 1. The van der Waals surface area contributed by atoms with E-state index in [4.69, 9.17) is 13.3 Å². The molecule has 2 fully saturated rings. The molecular formula is C48H57N2O10PSSi. The van der Waals surface area contributed by atoms with Gasteiger partial charge >= 0.3 is 5.97 Å². The number of nitro groups is 1. The summed E-state index contributed by atoms with van der Waals surface area (Å²) in [6, 6.07) is 33.1. The van der Waals surface area contributed by atoms with Crippen molar-refractivity contribution in [1.82, 2.24) is 4.90 Å². The third kappa shape index (κ3) is 9.61. The van der Waals surface area contributed by atoms with Crippen molar-refractivity contribution >= 4 is 70.0 Å². The summed E-state index contributed by atoms with van der Waals surface area (Å²) in [4.78, 5) is 58.8. The zero-order valence-electron chi connectivity index (χ0n) is 36.9. The molecular weight excluding hydrogens is 856 g/mol. The molecule has 6 rings (SSSR count). The number of non-ortho nitro benzene ring substituents is 1. The number of nitrogens with zero attached hydrogens (tertiary/aromatic N) is 2. The minimum Gasteiger partial charge on any atom is -0.457 e. The summed E-state index contributed by atoms with van der Waals surface area (Å²) in [5.74, 6) is -4.29. The summed E-state index contributed by atoms with van der Waals surface area (Å²) >= 11 is 0. The van der Waals surface area contributed by atoms with Gasteiger partial charge in [-0.05, 0) is 71.5 Å². The minimum atomic E-state index is -4.16. The van der Waals surface area contributed by atoms with Gasteiger partial charge < -0.3 is 14.1 Å². The van der Waals surface area contributed by atoms with Crippen molar-refractivity contribution in [2.45, 2.75) is 83.3 Å². The van der Waals surface area contributed by atoms with Crippen molar-refractivity contribution in [3.8, 4) is 0 Å². The van der Waals surface area contributed by atoms with Gasteiger partial charge in [-0.25, -0.2) is 4.79 Å². The van der Waals surface area contributed by atoms with Gasteiger partial charge in [0, 0.05) is 30.9 Å². The fraction of sp³-hybridized carbons (Fsp3) is 0.375. The van der Waals surface area contributed by atoms with Gasteiger partial charge in [0.25, 0.3) is 15.8 Å². The molecule has 334 valence electrons. The number of hydrogen-bond donors (Lipinski definition) is 0. The van der Waals surface area contributed by atoms with E-state index in [1.165, 1.54) is 35.2 Å². The first-order valence-corrected chi connectivity index (χ1v) is 27.6. The van der Waals surface area contributed by atoms with E-state index < -0.39 is 78.1 Å². The van der Waals surface area contributed by atoms with E-state index in [2.05, 4.69) is 40.4 Å². The molecule has 1 saturated heterocycles. The van der Waals surface area contributed by atoms with E-state index >= 15 is 14.4 Å². The van der Waals surface area contributed by atoms with E-state index in [-0.39, 0.29) is 40.5 Å². The maximum absolute atomic E-state index is 15.5. The molecule has 12 nitrogen and oxygen atoms in total. The molecule has 1 aliphatic carbocycles. The fourth-order valence-corrected chi connectivity index (χ4v) is 15.3. The molecule has 0 N–H and O–H groups in total. The molecule has 2 unspecified atom stereocenters. The number of ether oxygens (including phenoxy) is 1. The van der Waals surface area contributed by atoms with E-state index in [0.717, 1.165) is 22.2 Å². The van der Waals surface area contributed by atoms with Crippen LogP contribution < -0.4 is 15.9 Å². The lowest BCUT2D eigenvalue weighted by Gasteiger charge is -2.56. The lowest BCUT2D eigenvalue weighted by atomic mass is 9.66. The molecule has 15 heteroatoms. The van der Waals surface area contributed by atoms with Gasteiger partial charge in [0.15, 0.2) is 8.32 Å². The van der Waals surface area contributed by atoms with E-state index in [1.54, 1.807) is 0 Å². The number of rotatable bonds is 16. The average Bonchev–Trinajstić information content (AvgIpc) is 3.24. The summed E-state index contributed by atoms with van der Waals surface area (Å²) in [7, 11) is -6.69. The van der Waals surface area contributed by atoms with Crippen LogP contribution in [0.15, 0.2) is 128 Å². The zero-order valence-corrected chi connectivity index (χ0v) is 39.6. The summed E-state index contributed by atoms with van der Waals surface area (Å²) in [5, 5.41) is 13.7. The largest absolute Gasteiger partial charge is 0.457 e. The van der Waals surface area contributed by atoms with Crippen molar-refractivity contribution in [3.63, 3.8) is 0 Å². The number of nitro benzene ring substituents is 1. The van der Waals surface area contributed by atoms with Gasteiger partial charge in [-0.2, -0.15) is 8.42 Å². The second-order valence-corrected chi connectivity index (χ2v) is 27.5. The van der Waals surface area contributed by atoms with Crippen molar-refractivity contribution in [1.29, 1.82) is 0 Å². The number of β-lactam (4-membered cyclic amide) rings is 1. The Balaban J connectivity index is 1.65. The number of benzene rings is 4. The highest BCUT2D eigenvalue weighted by Gasteiger charge is 2.61. The maximum atomic E-state index is 15.5. The Morgan fingerprint density at radius 1 is 0.905 bits per heavy atom. The highest BCUT2D eigenvalue weighted by molar-refractivity contribution is 7.96. The Morgan fingerprint density at radius 3 is 1.86 bits per heavy atom. The molecule has 0 spiro atoms. The van der Waals surface area contributed by atoms with Crippen LogP contribution in [0.4, 0.5) is 5.69 Å². The molecule has 0 aromatic heterocycles. The Kier molecular flexibility index (Phi) is 14.3. The molecule has 0 radical (unpaired) electrons. The smallest absolute Gasteiger partial charge is 0.356 e. The normalized spacial score (nSPS) is 20.6. The predicted molar refractivity (Wildman–Crippen MR) is 251 cm³/mol. The number of likely N-dealkylation sites (tertiary alicyclic amines) is 1. The van der Waals surface area contributed by atoms with Crippen LogP contribution in [0.2, 0.25) is 18.1 Å². The molecule has 2 aliphatic rings. The molecule has 1 saturated carbocycles. The van der Waals surface area contributed by atoms with Crippen molar-refractivity contribution in [2.24, 2.45) is 17.8 Å². The molecule has 4 aromatic rings. The lowest BCUT2D eigenvalue weighted by Crippen LogP contribution is -2.72. The van der Waals surface area contributed by atoms with Crippen LogP contribution in [0.25, 0.3) is 0 Å². The second kappa shape index (κ2) is 19.0. The number of amides is 1. The number of carbonyl (C=O) groups is 3. The quantitative estimate of drug-likeness (QED) is 0.0160. The van der Waals surface area contributed by atoms with Crippen LogP contribution >= 0.6 is 6.89 Å². The average molecular weight is 913 g/mol. The summed E-state index contributed by atoms with van der Waals surface area (Å²) in [6.45, 7) is 12.6. The first kappa shape index (κ1) is 47.5. The first-order valence-electron chi connectivity index (χ1n) is 21.1. The topological polar surface area (TPSA) is 159 Å². The standard InChI is InChI=1S/C48H57N2O10PSSi/c1-9-32-58-47(53)46(61(36-20-13-10-14-21-36,37-22-15-11-16-23-37)38-24-17-12-18-25-38)49-42(41(45(49)52)33(2)60-63(7,8)48(3,4)5)39-26-19-27-40(43(39)51)44(59-62(6,56)57)34-28-30-35(31-29-34)50(54)55/h9-18,20-25,28-31,33,39-42,44H,1,19,26-27,32H2,2-8H3/t33-,39-,40?,41-,42-,44?/m1/s1. The predicted octanol–water partition coefficient (Wildman–Crippen LogP) is 7.69. The second-order valence-electron chi connectivity index (χ2n) is 17.8. The van der Waals surface area contributed by atoms with Crippen molar-refractivity contribution in [3.05, 3.63) is 144 Å². The monoisotopic (exact) mass is 912 g/mol. The summed E-state index contributed by atoms with van der Waals surface area (Å²) < 4.78 is 44.4. The van der Waals surface area contributed by atoms with E-state index in [0.29, 0.717) is 12.8 Å². The highest BCUT2D eigenvalue weighted by atomic mass is 32.2. The molecule has 4 aromatic carbocycles. The summed E-state index contributed by atoms with van der Waals surface area (Å²) in [5.41, 5.74) is 0.175. The Hall–Kier alpha value is -4.98. The van der Waals surface area contributed by atoms with Gasteiger partial charge in [-0.15, -0.1) is 0 Å². The number of Topliss-reactive ketones (excluding diaryl/α,β-unsaturated/α-hetero) is 1. The zero-order chi connectivity index (χ0) is 45.9. The van der Waals surface area contributed by atoms with Crippen LogP contribution in [0.3, 0.4) is 0 Å². The number of esters is 1. The Bertz CT molecular complexity index is 2390. The first-order chi connectivity index (χ1) is 29.7. The fourth-order valence-electron chi connectivity index (χ4n) is 8.85. The minimum absolute atomic E-state index is 0.105. The molecule has 6 atom stereocenters. The van der Waals surface area contributed by atoms with Crippen molar-refractivity contribution < 1.29 is 41.1 Å². The molecule has 1 amide bonds. The van der Waals surface area contributed by atoms with Gasteiger partial charge in [0.05, 0.1) is 29.2 Å². The van der Waals surface area contributed by atoms with E-state index in [9.17, 15) is 18.5 Å². The van der Waals surface area contributed by atoms with Crippen LogP contribution in [0.1, 0.15) is 58.6 Å². The van der Waals surface area contributed by atoms with Crippen LogP contribution in [-0.4, -0.2) is 74.6 Å². The van der Waals surface area contributed by atoms with Gasteiger partial charge in [-0.3, -0.25) is 23.9 Å². The summed E-state index contributed by atoms with van der Waals surface area (Å²) in [6.07, 6.45) is 1.38. The van der Waals surface area contributed by atoms with Crippen LogP contribution in [0, 0.1) is 27.9 Å². The number of hydrogen-bond acceptors (Lipinski definition) is 10. The lowest BCUT2D eigenvalue weighted by molar-refractivity contribution is -0.384. The van der Waals surface area contributed by atoms with Crippen LogP contribution in [-0.2, 0) is 37.8 Å².